The summed E-state index contributed by atoms with van der Waals surface area (Å²) in [5, 5.41) is 2.50. The van der Waals surface area contributed by atoms with Gasteiger partial charge in [0.1, 0.15) is 5.78 Å². The van der Waals surface area contributed by atoms with Crippen molar-refractivity contribution in [2.45, 2.75) is 20.3 Å². The first-order chi connectivity index (χ1) is 5.72. The third-order valence-corrected chi connectivity index (χ3v) is 2.03. The first-order valence-electron chi connectivity index (χ1n) is 3.79. The fourth-order valence-corrected chi connectivity index (χ4v) is 1.54. The number of carbonyl (C=O) groups is 1. The molecule has 0 aliphatic carbocycles. The van der Waals surface area contributed by atoms with E-state index < -0.39 is 0 Å². The maximum absolute atomic E-state index is 10.7. The largest absolute Gasteiger partial charge is 0.470 e. The van der Waals surface area contributed by atoms with Crippen LogP contribution >= 0.6 is 11.3 Å². The lowest BCUT2D eigenvalue weighted by atomic mass is 10.3. The maximum atomic E-state index is 10.7. The summed E-state index contributed by atoms with van der Waals surface area (Å²) in [6.07, 6.45) is 0.406. The predicted octanol–water partition coefficient (Wildman–Crippen LogP) is 1.67. The summed E-state index contributed by atoms with van der Waals surface area (Å²) in [7, 11) is 0. The lowest BCUT2D eigenvalue weighted by molar-refractivity contribution is -0.116. The Bertz CT molecular complexity index is 270. The lowest BCUT2D eigenvalue weighted by Crippen LogP contribution is -1.97. The zero-order valence-electron chi connectivity index (χ0n) is 7.16. The molecule has 1 aromatic heterocycles. The van der Waals surface area contributed by atoms with E-state index in [2.05, 4.69) is 4.98 Å². The Labute approximate surface area is 75.4 Å². The van der Waals surface area contributed by atoms with Crippen LogP contribution < -0.4 is 4.74 Å². The number of rotatable bonds is 4. The highest BCUT2D eigenvalue weighted by Gasteiger charge is 2.03. The highest BCUT2D eigenvalue weighted by Crippen LogP contribution is 2.18. The van der Waals surface area contributed by atoms with E-state index in [0.29, 0.717) is 18.2 Å². The smallest absolute Gasteiger partial charge is 0.273 e. The van der Waals surface area contributed by atoms with E-state index in [4.69, 9.17) is 4.74 Å². The number of carbonyl (C=O) groups excluding carboxylic acids is 1. The summed E-state index contributed by atoms with van der Waals surface area (Å²) < 4.78 is 5.16. The molecule has 12 heavy (non-hydrogen) atoms. The molecule has 0 aromatic carbocycles. The molecule has 0 amide bonds. The molecule has 0 fully saturated rings. The van der Waals surface area contributed by atoms with Gasteiger partial charge in [0.05, 0.1) is 12.3 Å². The van der Waals surface area contributed by atoms with Crippen LogP contribution in [0.15, 0.2) is 5.38 Å². The molecular weight excluding hydrogens is 174 g/mol. The van der Waals surface area contributed by atoms with Gasteiger partial charge in [-0.3, -0.25) is 4.79 Å². The fourth-order valence-electron chi connectivity index (χ4n) is 0.814. The van der Waals surface area contributed by atoms with E-state index >= 15 is 0 Å². The van der Waals surface area contributed by atoms with Crippen LogP contribution in [0, 0.1) is 0 Å². The standard InChI is InChI=1S/C8H11NO2S/c1-3-11-8-9-7(5-12-8)4-6(2)10/h5H,3-4H2,1-2H3. The first-order valence-corrected chi connectivity index (χ1v) is 4.67. The molecule has 0 aliphatic heterocycles. The van der Waals surface area contributed by atoms with Gasteiger partial charge in [-0.15, -0.1) is 0 Å². The average Bonchev–Trinajstić information content (AvgIpc) is 2.36. The molecule has 1 rings (SSSR count). The van der Waals surface area contributed by atoms with Gasteiger partial charge in [-0.05, 0) is 13.8 Å². The molecule has 0 bridgehead atoms. The van der Waals surface area contributed by atoms with Crippen molar-refractivity contribution in [3.63, 3.8) is 0 Å². The number of Topliss-reactive ketones (excluding diaryl/α,β-unsaturated/α-hetero) is 1. The molecule has 4 heteroatoms. The number of hydrogen-bond donors (Lipinski definition) is 0. The van der Waals surface area contributed by atoms with Gasteiger partial charge in [0.25, 0.3) is 5.19 Å². The Kier molecular flexibility index (Phi) is 3.22. The van der Waals surface area contributed by atoms with Gasteiger partial charge in [0, 0.05) is 11.8 Å². The summed E-state index contributed by atoms with van der Waals surface area (Å²) in [4.78, 5) is 14.8. The third kappa shape index (κ3) is 2.62. The highest BCUT2D eigenvalue weighted by molar-refractivity contribution is 7.11. The van der Waals surface area contributed by atoms with E-state index in [9.17, 15) is 4.79 Å². The van der Waals surface area contributed by atoms with Crippen molar-refractivity contribution < 1.29 is 9.53 Å². The number of nitrogens with zero attached hydrogens (tertiary/aromatic N) is 1. The van der Waals surface area contributed by atoms with Crippen molar-refractivity contribution in [1.82, 2.24) is 4.98 Å². The molecule has 0 N–H and O–H groups in total. The van der Waals surface area contributed by atoms with Gasteiger partial charge >= 0.3 is 0 Å². The SMILES string of the molecule is CCOc1nc(CC(C)=O)cs1. The Morgan fingerprint density at radius 3 is 3.08 bits per heavy atom. The van der Waals surface area contributed by atoms with E-state index in [0.717, 1.165) is 5.69 Å². The first kappa shape index (κ1) is 9.19. The minimum absolute atomic E-state index is 0.128. The molecule has 66 valence electrons. The Hall–Kier alpha value is -0.900. The van der Waals surface area contributed by atoms with Crippen molar-refractivity contribution in [3.8, 4) is 5.19 Å². The summed E-state index contributed by atoms with van der Waals surface area (Å²) in [5.41, 5.74) is 0.802. The molecule has 1 aromatic rings. The Morgan fingerprint density at radius 2 is 2.50 bits per heavy atom. The van der Waals surface area contributed by atoms with E-state index in [1.807, 2.05) is 12.3 Å². The zero-order valence-corrected chi connectivity index (χ0v) is 7.98. The van der Waals surface area contributed by atoms with Crippen molar-refractivity contribution in [3.05, 3.63) is 11.1 Å². The molecule has 0 atom stereocenters. The van der Waals surface area contributed by atoms with Crippen LogP contribution in [0.3, 0.4) is 0 Å². The Morgan fingerprint density at radius 1 is 1.75 bits per heavy atom. The van der Waals surface area contributed by atoms with Crippen LogP contribution in [-0.4, -0.2) is 17.4 Å². The maximum Gasteiger partial charge on any atom is 0.273 e. The molecule has 0 spiro atoms. The second-order valence-electron chi connectivity index (χ2n) is 2.42. The second kappa shape index (κ2) is 4.21. The molecule has 0 saturated carbocycles. The topological polar surface area (TPSA) is 39.2 Å². The van der Waals surface area contributed by atoms with E-state index in [1.165, 1.54) is 11.3 Å². The van der Waals surface area contributed by atoms with Gasteiger partial charge in [-0.1, -0.05) is 11.3 Å². The van der Waals surface area contributed by atoms with Gasteiger partial charge in [0.15, 0.2) is 0 Å². The average molecular weight is 185 g/mol. The molecule has 0 saturated heterocycles. The number of aromatic nitrogens is 1. The van der Waals surface area contributed by atoms with Crippen molar-refractivity contribution in [2.24, 2.45) is 0 Å². The lowest BCUT2D eigenvalue weighted by Gasteiger charge is -1.93. The normalized spacial score (nSPS) is 9.83. The number of thiazole rings is 1. The quantitative estimate of drug-likeness (QED) is 0.716. The van der Waals surface area contributed by atoms with E-state index in [-0.39, 0.29) is 5.78 Å². The van der Waals surface area contributed by atoms with Gasteiger partial charge < -0.3 is 4.74 Å². The van der Waals surface area contributed by atoms with Crippen LogP contribution in [0.25, 0.3) is 0 Å². The second-order valence-corrected chi connectivity index (χ2v) is 3.24. The number of ether oxygens (including phenoxy) is 1. The van der Waals surface area contributed by atoms with E-state index in [1.54, 1.807) is 6.92 Å². The molecule has 0 radical (unpaired) electrons. The molecule has 0 aliphatic rings. The summed E-state index contributed by atoms with van der Waals surface area (Å²) in [5.74, 6) is 0.128. The van der Waals surface area contributed by atoms with Crippen molar-refractivity contribution in [2.75, 3.05) is 6.61 Å². The van der Waals surface area contributed by atoms with Crippen molar-refractivity contribution >= 4 is 17.1 Å². The molecule has 1 heterocycles. The van der Waals surface area contributed by atoms with Crippen LogP contribution in [0.2, 0.25) is 0 Å². The number of hydrogen-bond acceptors (Lipinski definition) is 4. The van der Waals surface area contributed by atoms with Crippen molar-refractivity contribution in [1.29, 1.82) is 0 Å². The zero-order chi connectivity index (χ0) is 8.97. The Balaban J connectivity index is 2.58. The van der Waals surface area contributed by atoms with Gasteiger partial charge in [-0.2, -0.15) is 0 Å². The van der Waals surface area contributed by atoms with Gasteiger partial charge in [-0.25, -0.2) is 4.98 Å². The third-order valence-electron chi connectivity index (χ3n) is 1.23. The monoisotopic (exact) mass is 185 g/mol. The number of ketones is 1. The molecule has 3 nitrogen and oxygen atoms in total. The van der Waals surface area contributed by atoms with Crippen LogP contribution in [0.4, 0.5) is 0 Å². The minimum atomic E-state index is 0.128. The summed E-state index contributed by atoms with van der Waals surface area (Å²) >= 11 is 1.43. The van der Waals surface area contributed by atoms with Crippen LogP contribution in [0.5, 0.6) is 5.19 Å². The fraction of sp³-hybridized carbons (Fsp3) is 0.500. The highest BCUT2D eigenvalue weighted by atomic mass is 32.1. The molecule has 0 unspecified atom stereocenters. The van der Waals surface area contributed by atoms with Crippen LogP contribution in [-0.2, 0) is 11.2 Å². The van der Waals surface area contributed by atoms with Crippen LogP contribution in [0.1, 0.15) is 19.5 Å². The summed E-state index contributed by atoms with van der Waals surface area (Å²) in [6.45, 7) is 4.08. The molecular formula is C8H11NO2S. The minimum Gasteiger partial charge on any atom is -0.470 e. The predicted molar refractivity (Wildman–Crippen MR) is 47.7 cm³/mol. The van der Waals surface area contributed by atoms with Gasteiger partial charge in [0.2, 0.25) is 0 Å². The summed E-state index contributed by atoms with van der Waals surface area (Å²) in [6, 6.07) is 0.